The van der Waals surface area contributed by atoms with Crippen molar-refractivity contribution < 1.29 is 9.13 Å². The molecule has 2 N–H and O–H groups in total. The van der Waals surface area contributed by atoms with Gasteiger partial charge in [0.2, 0.25) is 0 Å². The highest BCUT2D eigenvalue weighted by Gasteiger charge is 2.26. The molecule has 0 saturated heterocycles. The summed E-state index contributed by atoms with van der Waals surface area (Å²) in [4.78, 5) is 0. The Kier molecular flexibility index (Phi) is 4.46. The van der Waals surface area contributed by atoms with Gasteiger partial charge in [-0.25, -0.2) is 4.39 Å². The average molecular weight is 265 g/mol. The maximum atomic E-state index is 14.0. The zero-order valence-corrected chi connectivity index (χ0v) is 12.0. The standard InChI is InChI=1S/C16H24FNO/c1-10-4-6-14(8-11(10)2)19-16-7-5-13(12(3)18)9-15(16)17/h5,7,9-12,14H,4,6,8,18H2,1-3H3/t10?,11?,12-,14?/m0/s1. The van der Waals surface area contributed by atoms with Crippen molar-refractivity contribution in [2.75, 3.05) is 0 Å². The van der Waals surface area contributed by atoms with Crippen molar-refractivity contribution in [3.8, 4) is 5.75 Å². The molecule has 1 aromatic rings. The fraction of sp³-hybridized carbons (Fsp3) is 0.625. The van der Waals surface area contributed by atoms with E-state index in [4.69, 9.17) is 10.5 Å². The van der Waals surface area contributed by atoms with Crippen LogP contribution in [-0.2, 0) is 0 Å². The van der Waals surface area contributed by atoms with Gasteiger partial charge < -0.3 is 10.5 Å². The summed E-state index contributed by atoms with van der Waals surface area (Å²) in [5.74, 6) is 1.44. The summed E-state index contributed by atoms with van der Waals surface area (Å²) < 4.78 is 19.8. The lowest BCUT2D eigenvalue weighted by atomic mass is 9.80. The molecule has 0 aliphatic heterocycles. The second kappa shape index (κ2) is 5.91. The van der Waals surface area contributed by atoms with E-state index in [-0.39, 0.29) is 18.0 Å². The van der Waals surface area contributed by atoms with E-state index in [1.54, 1.807) is 6.07 Å². The Morgan fingerprint density at radius 2 is 2.00 bits per heavy atom. The highest BCUT2D eigenvalue weighted by Crippen LogP contribution is 2.32. The lowest BCUT2D eigenvalue weighted by molar-refractivity contribution is 0.0968. The van der Waals surface area contributed by atoms with E-state index >= 15 is 0 Å². The summed E-state index contributed by atoms with van der Waals surface area (Å²) in [7, 11) is 0. The summed E-state index contributed by atoms with van der Waals surface area (Å²) in [5.41, 5.74) is 6.54. The number of hydrogen-bond donors (Lipinski definition) is 1. The molecule has 0 radical (unpaired) electrons. The maximum Gasteiger partial charge on any atom is 0.165 e. The second-order valence-electron chi connectivity index (χ2n) is 5.99. The van der Waals surface area contributed by atoms with Crippen molar-refractivity contribution in [1.29, 1.82) is 0 Å². The van der Waals surface area contributed by atoms with Gasteiger partial charge in [0.25, 0.3) is 0 Å². The molecule has 19 heavy (non-hydrogen) atoms. The minimum atomic E-state index is -0.305. The molecule has 106 valence electrons. The summed E-state index contributed by atoms with van der Waals surface area (Å²) in [5, 5.41) is 0. The van der Waals surface area contributed by atoms with Gasteiger partial charge in [-0.1, -0.05) is 19.9 Å². The van der Waals surface area contributed by atoms with E-state index in [0.29, 0.717) is 11.7 Å². The van der Waals surface area contributed by atoms with Crippen molar-refractivity contribution in [1.82, 2.24) is 0 Å². The molecule has 1 saturated carbocycles. The predicted octanol–water partition coefficient (Wildman–Crippen LogP) is 4.05. The second-order valence-corrected chi connectivity index (χ2v) is 5.99. The van der Waals surface area contributed by atoms with Crippen molar-refractivity contribution in [2.45, 2.75) is 52.2 Å². The van der Waals surface area contributed by atoms with E-state index in [1.165, 1.54) is 6.07 Å². The van der Waals surface area contributed by atoms with E-state index in [1.807, 2.05) is 13.0 Å². The summed E-state index contributed by atoms with van der Waals surface area (Å²) in [6, 6.07) is 4.88. The fourth-order valence-electron chi connectivity index (χ4n) is 2.68. The minimum Gasteiger partial charge on any atom is -0.487 e. The lowest BCUT2D eigenvalue weighted by Crippen LogP contribution is -2.29. The number of nitrogens with two attached hydrogens (primary N) is 1. The van der Waals surface area contributed by atoms with Gasteiger partial charge in [-0.2, -0.15) is 0 Å². The first kappa shape index (κ1) is 14.3. The molecule has 1 aliphatic rings. The molecular formula is C16H24FNO. The molecular weight excluding hydrogens is 241 g/mol. The molecule has 2 rings (SSSR count). The predicted molar refractivity (Wildman–Crippen MR) is 75.6 cm³/mol. The fourth-order valence-corrected chi connectivity index (χ4v) is 2.68. The third-order valence-electron chi connectivity index (χ3n) is 4.33. The molecule has 2 nitrogen and oxygen atoms in total. The first-order chi connectivity index (χ1) is 8.97. The Bertz CT molecular complexity index is 433. The van der Waals surface area contributed by atoms with Crippen molar-refractivity contribution in [3.63, 3.8) is 0 Å². The Balaban J connectivity index is 2.03. The Labute approximate surface area is 115 Å². The third kappa shape index (κ3) is 3.47. The number of hydrogen-bond acceptors (Lipinski definition) is 2. The monoisotopic (exact) mass is 265 g/mol. The van der Waals surface area contributed by atoms with E-state index < -0.39 is 0 Å². The number of halogens is 1. The first-order valence-corrected chi connectivity index (χ1v) is 7.19. The SMILES string of the molecule is CC1CCC(Oc2ccc([C@H](C)N)cc2F)CC1C. The van der Waals surface area contributed by atoms with E-state index in [0.717, 1.165) is 30.7 Å². The zero-order valence-electron chi connectivity index (χ0n) is 12.0. The van der Waals surface area contributed by atoms with Crippen LogP contribution in [0.1, 0.15) is 51.6 Å². The van der Waals surface area contributed by atoms with Gasteiger partial charge in [0.05, 0.1) is 6.10 Å². The highest BCUT2D eigenvalue weighted by molar-refractivity contribution is 5.31. The maximum absolute atomic E-state index is 14.0. The van der Waals surface area contributed by atoms with E-state index in [2.05, 4.69) is 13.8 Å². The third-order valence-corrected chi connectivity index (χ3v) is 4.33. The van der Waals surface area contributed by atoms with Crippen LogP contribution < -0.4 is 10.5 Å². The Morgan fingerprint density at radius 3 is 2.58 bits per heavy atom. The largest absolute Gasteiger partial charge is 0.487 e. The molecule has 0 heterocycles. The molecule has 1 aliphatic carbocycles. The molecule has 3 unspecified atom stereocenters. The first-order valence-electron chi connectivity index (χ1n) is 7.19. The zero-order chi connectivity index (χ0) is 14.0. The van der Waals surface area contributed by atoms with Gasteiger partial charge in [0.15, 0.2) is 11.6 Å². The van der Waals surface area contributed by atoms with Crippen LogP contribution in [-0.4, -0.2) is 6.10 Å². The normalized spacial score (nSPS) is 29.0. The molecule has 0 spiro atoms. The molecule has 0 amide bonds. The van der Waals surface area contributed by atoms with Crippen molar-refractivity contribution >= 4 is 0 Å². The smallest absolute Gasteiger partial charge is 0.165 e. The summed E-state index contributed by atoms with van der Waals surface area (Å²) >= 11 is 0. The van der Waals surface area contributed by atoms with Crippen molar-refractivity contribution in [2.24, 2.45) is 17.6 Å². The van der Waals surface area contributed by atoms with Crippen LogP contribution in [0, 0.1) is 17.7 Å². The van der Waals surface area contributed by atoms with Crippen LogP contribution in [0.5, 0.6) is 5.75 Å². The number of ether oxygens (including phenoxy) is 1. The van der Waals surface area contributed by atoms with Crippen LogP contribution in [0.2, 0.25) is 0 Å². The molecule has 1 fully saturated rings. The topological polar surface area (TPSA) is 35.2 Å². The van der Waals surface area contributed by atoms with Crippen LogP contribution in [0.15, 0.2) is 18.2 Å². The average Bonchev–Trinajstić information content (AvgIpc) is 2.36. The van der Waals surface area contributed by atoms with Crippen LogP contribution in [0.25, 0.3) is 0 Å². The molecule has 4 atom stereocenters. The molecule has 0 aromatic heterocycles. The van der Waals surface area contributed by atoms with Crippen molar-refractivity contribution in [3.05, 3.63) is 29.6 Å². The van der Waals surface area contributed by atoms with Gasteiger partial charge in [-0.3, -0.25) is 0 Å². The molecule has 3 heteroatoms. The molecule has 0 bridgehead atoms. The van der Waals surface area contributed by atoms with Gasteiger partial charge in [0, 0.05) is 6.04 Å². The number of benzene rings is 1. The van der Waals surface area contributed by atoms with E-state index in [9.17, 15) is 4.39 Å². The summed E-state index contributed by atoms with van der Waals surface area (Å²) in [6.45, 7) is 6.37. The Hall–Kier alpha value is -1.09. The quantitative estimate of drug-likeness (QED) is 0.895. The van der Waals surface area contributed by atoms with Crippen LogP contribution >= 0.6 is 0 Å². The van der Waals surface area contributed by atoms with Gasteiger partial charge in [-0.05, 0) is 55.7 Å². The van der Waals surface area contributed by atoms with Crippen LogP contribution in [0.4, 0.5) is 4.39 Å². The molecule has 1 aromatic carbocycles. The minimum absolute atomic E-state index is 0.141. The lowest BCUT2D eigenvalue weighted by Gasteiger charge is -2.32. The summed E-state index contributed by atoms with van der Waals surface area (Å²) in [6.07, 6.45) is 3.32. The van der Waals surface area contributed by atoms with Gasteiger partial charge in [-0.15, -0.1) is 0 Å². The van der Waals surface area contributed by atoms with Gasteiger partial charge in [0.1, 0.15) is 0 Å². The Morgan fingerprint density at radius 1 is 1.26 bits per heavy atom. The highest BCUT2D eigenvalue weighted by atomic mass is 19.1. The number of rotatable bonds is 3. The van der Waals surface area contributed by atoms with Gasteiger partial charge >= 0.3 is 0 Å². The van der Waals surface area contributed by atoms with Crippen LogP contribution in [0.3, 0.4) is 0 Å².